The third kappa shape index (κ3) is 3.69. The van der Waals surface area contributed by atoms with Gasteiger partial charge in [0.05, 0.1) is 29.6 Å². The summed E-state index contributed by atoms with van der Waals surface area (Å²) in [5, 5.41) is 3.33. The minimum absolute atomic E-state index is 0.0703. The molecule has 0 radical (unpaired) electrons. The average Bonchev–Trinajstić information content (AvgIpc) is 3.30. The number of aromatic amines is 1. The number of ether oxygens (including phenoxy) is 1. The standard InChI is InChI=1S/C23H24FN5O3/c1-25-23(31)20-18(24)11-15(12-26-20)29-7-5-28(6-8-29)13-14-2-3-16-19(10-14)27-22(30)17-4-9-32-21(16)17/h2-3,10-12H,4-9,13H2,1H3,(H,25,31)(H,27,30). The highest BCUT2D eigenvalue weighted by Crippen LogP contribution is 2.31. The first-order valence-electron chi connectivity index (χ1n) is 10.7. The first-order valence-corrected chi connectivity index (χ1v) is 10.7. The fourth-order valence-electron chi connectivity index (χ4n) is 4.41. The van der Waals surface area contributed by atoms with Crippen molar-refractivity contribution >= 4 is 22.5 Å². The number of halogens is 1. The average molecular weight is 437 g/mol. The normalized spacial score (nSPS) is 16.1. The Morgan fingerprint density at radius 3 is 2.81 bits per heavy atom. The molecule has 0 unspecified atom stereocenters. The van der Waals surface area contributed by atoms with Crippen molar-refractivity contribution < 1.29 is 13.9 Å². The molecule has 0 bridgehead atoms. The van der Waals surface area contributed by atoms with Crippen molar-refractivity contribution in [2.45, 2.75) is 13.0 Å². The highest BCUT2D eigenvalue weighted by Gasteiger charge is 2.22. The number of hydrogen-bond acceptors (Lipinski definition) is 6. The van der Waals surface area contributed by atoms with Crippen molar-refractivity contribution in [1.82, 2.24) is 20.2 Å². The SMILES string of the molecule is CNC(=O)c1ncc(N2CCN(Cc3ccc4c5c(c(=O)[nH]c4c3)CCO5)CC2)cc1F. The Morgan fingerprint density at radius 1 is 1.25 bits per heavy atom. The molecule has 32 heavy (non-hydrogen) atoms. The number of nitrogens with one attached hydrogen (secondary N) is 2. The Bertz CT molecular complexity index is 1250. The third-order valence-corrected chi connectivity index (χ3v) is 6.14. The summed E-state index contributed by atoms with van der Waals surface area (Å²) < 4.78 is 19.9. The van der Waals surface area contributed by atoms with Crippen LogP contribution >= 0.6 is 0 Å². The van der Waals surface area contributed by atoms with E-state index in [-0.39, 0.29) is 11.3 Å². The molecule has 2 aliphatic rings. The van der Waals surface area contributed by atoms with Crippen molar-refractivity contribution in [2.24, 2.45) is 0 Å². The molecular weight excluding hydrogens is 413 g/mol. The van der Waals surface area contributed by atoms with E-state index in [2.05, 4.69) is 31.2 Å². The number of amides is 1. The van der Waals surface area contributed by atoms with Gasteiger partial charge in [0.2, 0.25) is 0 Å². The molecule has 3 aromatic rings. The van der Waals surface area contributed by atoms with Crippen LogP contribution in [0.3, 0.4) is 0 Å². The summed E-state index contributed by atoms with van der Waals surface area (Å²) in [6, 6.07) is 7.48. The summed E-state index contributed by atoms with van der Waals surface area (Å²) in [7, 11) is 1.45. The highest BCUT2D eigenvalue weighted by atomic mass is 19.1. The maximum atomic E-state index is 14.3. The van der Waals surface area contributed by atoms with Gasteiger partial charge in [-0.25, -0.2) is 9.37 Å². The number of piperazine rings is 1. The molecule has 2 aromatic heterocycles. The lowest BCUT2D eigenvalue weighted by atomic mass is 10.1. The second-order valence-electron chi connectivity index (χ2n) is 8.11. The van der Waals surface area contributed by atoms with Crippen molar-refractivity contribution in [3.05, 3.63) is 63.5 Å². The number of carbonyl (C=O) groups excluding carboxylic acids is 1. The topological polar surface area (TPSA) is 90.6 Å². The molecular formula is C23H24FN5O3. The minimum atomic E-state index is -0.620. The Hall–Kier alpha value is -3.46. The fraction of sp³-hybridized carbons (Fsp3) is 0.348. The highest BCUT2D eigenvalue weighted by molar-refractivity contribution is 5.92. The molecule has 0 spiro atoms. The van der Waals surface area contributed by atoms with Gasteiger partial charge in [-0.05, 0) is 17.7 Å². The van der Waals surface area contributed by atoms with Crippen LogP contribution in [-0.4, -0.2) is 60.6 Å². The van der Waals surface area contributed by atoms with Crippen LogP contribution in [0.15, 0.2) is 35.3 Å². The zero-order valence-corrected chi connectivity index (χ0v) is 17.8. The first kappa shape index (κ1) is 20.4. The Kier molecular flexibility index (Phi) is 5.26. The number of H-pyrrole nitrogens is 1. The molecule has 8 nitrogen and oxygen atoms in total. The van der Waals surface area contributed by atoms with E-state index in [0.717, 1.165) is 54.8 Å². The molecule has 5 rings (SSSR count). The predicted octanol–water partition coefficient (Wildman–Crippen LogP) is 1.68. The largest absolute Gasteiger partial charge is 0.492 e. The number of carbonyl (C=O) groups is 1. The minimum Gasteiger partial charge on any atom is -0.492 e. The van der Waals surface area contributed by atoms with Gasteiger partial charge < -0.3 is 19.9 Å². The number of hydrogen-bond donors (Lipinski definition) is 2. The van der Waals surface area contributed by atoms with E-state index in [9.17, 15) is 14.0 Å². The number of anilines is 1. The van der Waals surface area contributed by atoms with E-state index in [1.165, 1.54) is 13.1 Å². The molecule has 1 fully saturated rings. The number of nitrogens with zero attached hydrogens (tertiary/aromatic N) is 3. The molecule has 0 aliphatic carbocycles. The molecule has 0 saturated carbocycles. The number of pyridine rings is 2. The van der Waals surface area contributed by atoms with Crippen LogP contribution in [0.1, 0.15) is 21.6 Å². The van der Waals surface area contributed by atoms with E-state index < -0.39 is 11.7 Å². The zero-order valence-electron chi connectivity index (χ0n) is 17.8. The fourth-order valence-corrected chi connectivity index (χ4v) is 4.41. The van der Waals surface area contributed by atoms with Crippen LogP contribution in [0, 0.1) is 5.82 Å². The van der Waals surface area contributed by atoms with Crippen LogP contribution in [0.25, 0.3) is 10.9 Å². The van der Waals surface area contributed by atoms with Gasteiger partial charge in [-0.1, -0.05) is 6.07 Å². The van der Waals surface area contributed by atoms with Crippen molar-refractivity contribution in [3.8, 4) is 5.75 Å². The van der Waals surface area contributed by atoms with Gasteiger partial charge in [-0.3, -0.25) is 14.5 Å². The molecule has 4 heterocycles. The first-order chi connectivity index (χ1) is 15.5. The molecule has 2 N–H and O–H groups in total. The molecule has 1 amide bonds. The molecule has 2 aliphatic heterocycles. The summed E-state index contributed by atoms with van der Waals surface area (Å²) in [5.41, 5.74) is 3.05. The van der Waals surface area contributed by atoms with Gasteiger partial charge in [-0.2, -0.15) is 0 Å². The van der Waals surface area contributed by atoms with E-state index in [1.807, 2.05) is 12.1 Å². The monoisotopic (exact) mass is 437 g/mol. The van der Waals surface area contributed by atoms with E-state index in [4.69, 9.17) is 4.74 Å². The second-order valence-corrected chi connectivity index (χ2v) is 8.11. The Morgan fingerprint density at radius 2 is 2.06 bits per heavy atom. The predicted molar refractivity (Wildman–Crippen MR) is 119 cm³/mol. The Balaban J connectivity index is 1.26. The Labute approximate surface area is 184 Å². The van der Waals surface area contributed by atoms with Crippen LogP contribution in [0.4, 0.5) is 10.1 Å². The summed E-state index contributed by atoms with van der Waals surface area (Å²) in [5.74, 6) is -0.441. The van der Waals surface area contributed by atoms with E-state index >= 15 is 0 Å². The van der Waals surface area contributed by atoms with Crippen LogP contribution in [0.5, 0.6) is 5.75 Å². The lowest BCUT2D eigenvalue weighted by Crippen LogP contribution is -2.46. The molecule has 0 atom stereocenters. The summed E-state index contributed by atoms with van der Waals surface area (Å²) >= 11 is 0. The van der Waals surface area contributed by atoms with Crippen molar-refractivity contribution in [1.29, 1.82) is 0 Å². The lowest BCUT2D eigenvalue weighted by Gasteiger charge is -2.36. The van der Waals surface area contributed by atoms with Gasteiger partial charge in [0.15, 0.2) is 11.5 Å². The van der Waals surface area contributed by atoms with Crippen molar-refractivity contribution in [2.75, 3.05) is 44.7 Å². The maximum Gasteiger partial charge on any atom is 0.272 e. The molecule has 1 aromatic carbocycles. The summed E-state index contributed by atoms with van der Waals surface area (Å²) in [6.07, 6.45) is 2.20. The maximum absolute atomic E-state index is 14.3. The third-order valence-electron chi connectivity index (χ3n) is 6.14. The van der Waals surface area contributed by atoms with Gasteiger partial charge in [0.1, 0.15) is 5.75 Å². The van der Waals surface area contributed by atoms with Gasteiger partial charge in [0.25, 0.3) is 11.5 Å². The van der Waals surface area contributed by atoms with Crippen LogP contribution in [-0.2, 0) is 13.0 Å². The number of benzene rings is 1. The number of rotatable bonds is 4. The summed E-state index contributed by atoms with van der Waals surface area (Å²) in [6.45, 7) is 4.38. The number of fused-ring (bicyclic) bond motifs is 3. The van der Waals surface area contributed by atoms with Crippen molar-refractivity contribution in [3.63, 3.8) is 0 Å². The quantitative estimate of drug-likeness (QED) is 0.646. The lowest BCUT2D eigenvalue weighted by molar-refractivity contribution is 0.0953. The van der Waals surface area contributed by atoms with Gasteiger partial charge >= 0.3 is 0 Å². The molecule has 9 heteroatoms. The summed E-state index contributed by atoms with van der Waals surface area (Å²) in [4.78, 5) is 35.3. The zero-order chi connectivity index (χ0) is 22.2. The second kappa shape index (κ2) is 8.23. The van der Waals surface area contributed by atoms with Crippen LogP contribution in [0.2, 0.25) is 0 Å². The molecule has 166 valence electrons. The van der Waals surface area contributed by atoms with E-state index in [0.29, 0.717) is 24.5 Å². The van der Waals surface area contributed by atoms with Gasteiger partial charge in [-0.15, -0.1) is 0 Å². The van der Waals surface area contributed by atoms with Crippen LogP contribution < -0.4 is 20.5 Å². The smallest absolute Gasteiger partial charge is 0.272 e. The number of aromatic nitrogens is 2. The van der Waals surface area contributed by atoms with E-state index in [1.54, 1.807) is 6.20 Å². The molecule has 1 saturated heterocycles. The van der Waals surface area contributed by atoms with Gasteiger partial charge in [0, 0.05) is 57.6 Å².